The van der Waals surface area contributed by atoms with Gasteiger partial charge in [-0.05, 0) is 80.6 Å². The van der Waals surface area contributed by atoms with Crippen molar-refractivity contribution in [2.24, 2.45) is 17.3 Å². The molecule has 5 atom stereocenters. The Kier molecular flexibility index (Phi) is 8.94. The van der Waals surface area contributed by atoms with Crippen molar-refractivity contribution in [3.05, 3.63) is 47.1 Å². The third kappa shape index (κ3) is 6.14. The topological polar surface area (TPSA) is 37.3 Å². The Morgan fingerprint density at radius 1 is 1.36 bits per heavy atom. The zero-order valence-corrected chi connectivity index (χ0v) is 21.5. The van der Waals surface area contributed by atoms with Crippen LogP contribution in [-0.4, -0.2) is 26.4 Å². The van der Waals surface area contributed by atoms with E-state index in [1.807, 2.05) is 6.92 Å². The lowest BCUT2D eigenvalue weighted by Gasteiger charge is -2.42. The lowest BCUT2D eigenvalue weighted by atomic mass is 9.62. The number of hydrogen-bond donors (Lipinski definition) is 1. The van der Waals surface area contributed by atoms with Gasteiger partial charge in [-0.3, -0.25) is 4.21 Å². The molecule has 0 saturated heterocycles. The van der Waals surface area contributed by atoms with Crippen LogP contribution in [0.25, 0.3) is 0 Å². The predicted molar refractivity (Wildman–Crippen MR) is 135 cm³/mol. The van der Waals surface area contributed by atoms with Gasteiger partial charge < -0.3 is 5.11 Å². The Bertz CT molecular complexity index is 841. The number of hydrogen-bond acceptors (Lipinski definition) is 2. The molecule has 0 heterocycles. The van der Waals surface area contributed by atoms with Crippen LogP contribution < -0.4 is 0 Å². The fourth-order valence-electron chi connectivity index (χ4n) is 6.09. The zero-order valence-electron chi connectivity index (χ0n) is 20.7. The average molecular weight is 481 g/mol. The number of unbranched alkanes of at least 4 members (excludes halogenated alkanes) is 1. The SMILES string of the molecule is C=C1CCC(O)C/C1=C/C=C1\CCCC2(C)C(C(C)CCC(F)(F)S(=O)CCCC)=CCC12. The first-order valence-corrected chi connectivity index (χ1v) is 14.1. The molecule has 1 N–H and O–H groups in total. The van der Waals surface area contributed by atoms with Crippen molar-refractivity contribution in [1.29, 1.82) is 0 Å². The van der Waals surface area contributed by atoms with Gasteiger partial charge in [-0.15, -0.1) is 0 Å². The number of fused-ring (bicyclic) bond motifs is 1. The van der Waals surface area contributed by atoms with Crippen molar-refractivity contribution >= 4 is 10.8 Å². The molecule has 0 aromatic heterocycles. The summed E-state index contributed by atoms with van der Waals surface area (Å²) >= 11 is 0. The summed E-state index contributed by atoms with van der Waals surface area (Å²) in [6.07, 6.45) is 14.5. The molecule has 3 aliphatic carbocycles. The Labute approximate surface area is 201 Å². The molecule has 0 aliphatic heterocycles. The van der Waals surface area contributed by atoms with Crippen LogP contribution >= 0.6 is 0 Å². The van der Waals surface area contributed by atoms with Gasteiger partial charge in [0.2, 0.25) is 0 Å². The minimum atomic E-state index is -3.10. The van der Waals surface area contributed by atoms with Crippen molar-refractivity contribution in [2.75, 3.05) is 5.75 Å². The number of halogens is 2. The average Bonchev–Trinajstić information content (AvgIpc) is 3.14. The monoisotopic (exact) mass is 480 g/mol. The lowest BCUT2D eigenvalue weighted by molar-refractivity contribution is 0.0811. The molecule has 2 fully saturated rings. The molecule has 5 heteroatoms. The highest BCUT2D eigenvalue weighted by Gasteiger charge is 2.46. The van der Waals surface area contributed by atoms with E-state index in [4.69, 9.17) is 0 Å². The Hall–Kier alpha value is -1.07. The van der Waals surface area contributed by atoms with E-state index in [1.54, 1.807) is 0 Å². The van der Waals surface area contributed by atoms with Crippen molar-refractivity contribution in [1.82, 2.24) is 0 Å². The van der Waals surface area contributed by atoms with Crippen LogP contribution in [0.5, 0.6) is 0 Å². The molecule has 0 aromatic carbocycles. The van der Waals surface area contributed by atoms with Gasteiger partial charge in [0.25, 0.3) is 0 Å². The highest BCUT2D eigenvalue weighted by Crippen LogP contribution is 2.57. The van der Waals surface area contributed by atoms with Gasteiger partial charge in [0, 0.05) is 12.2 Å². The molecule has 0 amide bonds. The maximum Gasteiger partial charge on any atom is 0.321 e. The zero-order chi connectivity index (χ0) is 24.2. The van der Waals surface area contributed by atoms with E-state index in [-0.39, 0.29) is 29.6 Å². The Morgan fingerprint density at radius 2 is 2.12 bits per heavy atom. The Balaban J connectivity index is 1.67. The summed E-state index contributed by atoms with van der Waals surface area (Å²) in [6.45, 7) is 10.5. The maximum atomic E-state index is 14.5. The first kappa shape index (κ1) is 26.5. The highest BCUT2D eigenvalue weighted by molar-refractivity contribution is 7.86. The predicted octanol–water partition coefficient (Wildman–Crippen LogP) is 7.63. The van der Waals surface area contributed by atoms with Gasteiger partial charge in [0.15, 0.2) is 0 Å². The summed E-state index contributed by atoms with van der Waals surface area (Å²) < 4.78 is 41.0. The van der Waals surface area contributed by atoms with E-state index in [9.17, 15) is 18.1 Å². The molecule has 3 aliphatic rings. The van der Waals surface area contributed by atoms with Crippen LogP contribution in [0.1, 0.15) is 91.4 Å². The van der Waals surface area contributed by atoms with Crippen molar-refractivity contribution < 1.29 is 18.1 Å². The molecule has 3 rings (SSSR count). The van der Waals surface area contributed by atoms with Gasteiger partial charge >= 0.3 is 5.25 Å². The van der Waals surface area contributed by atoms with E-state index in [1.165, 1.54) is 11.1 Å². The standard InChI is InChI=1S/C28H42F2O2S/c1-5-6-18-33(32)28(29,30)17-15-21(3)25-13-14-26-22(8-7-16-27(25,26)4)10-11-23-19-24(31)12-9-20(23)2/h10-11,13,21,24,26,31H,2,5-9,12,14-19H2,1,3-4H3/b22-10+,23-11-. The molecule has 0 bridgehead atoms. The molecule has 186 valence electrons. The fourth-order valence-corrected chi connectivity index (χ4v) is 7.28. The highest BCUT2D eigenvalue weighted by atomic mass is 32.2. The molecule has 2 saturated carbocycles. The van der Waals surface area contributed by atoms with Crippen LogP contribution in [0.3, 0.4) is 0 Å². The second-order valence-electron chi connectivity index (χ2n) is 10.6. The molecular formula is C28H42F2O2S. The van der Waals surface area contributed by atoms with Crippen LogP contribution in [0.15, 0.2) is 47.1 Å². The van der Waals surface area contributed by atoms with Gasteiger partial charge in [-0.25, -0.2) is 0 Å². The third-order valence-electron chi connectivity index (χ3n) is 8.21. The smallest absolute Gasteiger partial charge is 0.321 e. The summed E-state index contributed by atoms with van der Waals surface area (Å²) in [6, 6.07) is 0. The summed E-state index contributed by atoms with van der Waals surface area (Å²) in [7, 11) is -2.08. The van der Waals surface area contributed by atoms with Crippen LogP contribution in [0.2, 0.25) is 0 Å². The number of allylic oxidation sites excluding steroid dienone is 6. The first-order valence-electron chi connectivity index (χ1n) is 12.8. The van der Waals surface area contributed by atoms with E-state index >= 15 is 0 Å². The van der Waals surface area contributed by atoms with Crippen molar-refractivity contribution in [2.45, 2.75) is 103 Å². The first-order chi connectivity index (χ1) is 15.6. The van der Waals surface area contributed by atoms with E-state index in [0.29, 0.717) is 25.2 Å². The summed E-state index contributed by atoms with van der Waals surface area (Å²) in [5, 5.41) is 6.92. The largest absolute Gasteiger partial charge is 0.393 e. The minimum absolute atomic E-state index is 0.0156. The van der Waals surface area contributed by atoms with E-state index < -0.39 is 16.1 Å². The van der Waals surface area contributed by atoms with Gasteiger partial charge in [-0.2, -0.15) is 8.78 Å². The molecule has 33 heavy (non-hydrogen) atoms. The fraction of sp³-hybridized carbons (Fsp3) is 0.714. The van der Waals surface area contributed by atoms with E-state index in [0.717, 1.165) is 56.1 Å². The second-order valence-corrected chi connectivity index (χ2v) is 12.3. The molecule has 0 spiro atoms. The number of aliphatic hydroxyl groups excluding tert-OH is 1. The van der Waals surface area contributed by atoms with Gasteiger partial charge in [0.1, 0.15) is 0 Å². The number of rotatable bonds is 9. The molecular weight excluding hydrogens is 438 g/mol. The van der Waals surface area contributed by atoms with Crippen LogP contribution in [0.4, 0.5) is 8.78 Å². The Morgan fingerprint density at radius 3 is 2.85 bits per heavy atom. The van der Waals surface area contributed by atoms with Gasteiger partial charge in [-0.1, -0.05) is 68.7 Å². The quantitative estimate of drug-likeness (QED) is 0.344. The number of aliphatic hydroxyl groups is 1. The second kappa shape index (κ2) is 11.1. The minimum Gasteiger partial charge on any atom is -0.393 e. The van der Waals surface area contributed by atoms with Gasteiger partial charge in [0.05, 0.1) is 16.9 Å². The van der Waals surface area contributed by atoms with Crippen LogP contribution in [0, 0.1) is 17.3 Å². The normalized spacial score (nSPS) is 32.7. The molecule has 0 aromatic rings. The summed E-state index contributed by atoms with van der Waals surface area (Å²) in [4.78, 5) is 0. The summed E-state index contributed by atoms with van der Waals surface area (Å²) in [5.74, 6) is 0.578. The molecule has 2 nitrogen and oxygen atoms in total. The van der Waals surface area contributed by atoms with E-state index in [2.05, 4.69) is 38.7 Å². The maximum absolute atomic E-state index is 14.5. The van der Waals surface area contributed by atoms with Crippen molar-refractivity contribution in [3.8, 4) is 0 Å². The van der Waals surface area contributed by atoms with Crippen LogP contribution in [-0.2, 0) is 10.8 Å². The number of alkyl halides is 2. The molecule has 5 unspecified atom stereocenters. The summed E-state index contributed by atoms with van der Waals surface area (Å²) in [5.41, 5.74) is 5.06. The van der Waals surface area contributed by atoms with Crippen molar-refractivity contribution in [3.63, 3.8) is 0 Å². The lowest BCUT2D eigenvalue weighted by Crippen LogP contribution is -2.33. The third-order valence-corrected chi connectivity index (χ3v) is 9.74. The molecule has 0 radical (unpaired) electrons.